The topological polar surface area (TPSA) is 35.5 Å². The lowest BCUT2D eigenvalue weighted by molar-refractivity contribution is -0.206. The van der Waals surface area contributed by atoms with E-state index in [1.165, 1.54) is 12.1 Å². The van der Waals surface area contributed by atoms with Gasteiger partial charge in [-0.25, -0.2) is 4.79 Å². The molecule has 3 aromatic rings. The molecule has 0 bridgehead atoms. The molecule has 1 atom stereocenters. The SMILES string of the molecule is CCCCCCC(OC(=O)c1ccc(-c2c(OC)cccc2-c2ccccc2)cc1)C(F)(F)F. The standard InChI is InChI=1S/C28H29F3O3/c1-3-4-5-9-15-25(28(29,30)31)34-27(32)22-18-16-21(17-19-22)26-23(13-10-14-24(26)33-2)20-11-7-6-8-12-20/h6-8,10-14,16-19,25H,3-5,9,15H2,1-2H3. The molecular formula is C28H29F3O3. The smallest absolute Gasteiger partial charge is 0.425 e. The van der Waals surface area contributed by atoms with Gasteiger partial charge in [0.25, 0.3) is 0 Å². The van der Waals surface area contributed by atoms with Crippen LogP contribution in [0.4, 0.5) is 13.2 Å². The fourth-order valence-corrected chi connectivity index (χ4v) is 3.87. The molecule has 180 valence electrons. The molecule has 0 saturated carbocycles. The summed E-state index contributed by atoms with van der Waals surface area (Å²) in [5, 5.41) is 0. The first kappa shape index (κ1) is 25.3. The molecule has 0 saturated heterocycles. The maximum atomic E-state index is 13.4. The Kier molecular flexibility index (Phi) is 8.74. The Morgan fingerprint density at radius 2 is 1.56 bits per heavy atom. The number of alkyl halides is 3. The summed E-state index contributed by atoms with van der Waals surface area (Å²) in [5.41, 5.74) is 3.62. The predicted octanol–water partition coefficient (Wildman–Crippen LogP) is 8.09. The molecule has 0 radical (unpaired) electrons. The summed E-state index contributed by atoms with van der Waals surface area (Å²) in [6, 6.07) is 21.9. The molecule has 0 aromatic heterocycles. The van der Waals surface area contributed by atoms with E-state index in [9.17, 15) is 18.0 Å². The molecule has 0 N–H and O–H groups in total. The lowest BCUT2D eigenvalue weighted by Gasteiger charge is -2.21. The van der Waals surface area contributed by atoms with Crippen molar-refractivity contribution < 1.29 is 27.4 Å². The number of carbonyl (C=O) groups is 1. The van der Waals surface area contributed by atoms with Crippen molar-refractivity contribution in [1.82, 2.24) is 0 Å². The highest BCUT2D eigenvalue weighted by Gasteiger charge is 2.42. The number of esters is 1. The highest BCUT2D eigenvalue weighted by Crippen LogP contribution is 2.39. The number of ether oxygens (including phenoxy) is 2. The molecule has 0 aliphatic heterocycles. The Morgan fingerprint density at radius 1 is 0.853 bits per heavy atom. The van der Waals surface area contributed by atoms with Crippen molar-refractivity contribution in [2.24, 2.45) is 0 Å². The van der Waals surface area contributed by atoms with Crippen LogP contribution in [0, 0.1) is 0 Å². The van der Waals surface area contributed by atoms with Crippen LogP contribution in [0.15, 0.2) is 72.8 Å². The summed E-state index contributed by atoms with van der Waals surface area (Å²) in [5.74, 6) is -0.325. The zero-order chi connectivity index (χ0) is 24.6. The molecule has 6 heteroatoms. The Bertz CT molecular complexity index is 1060. The number of unbranched alkanes of at least 4 members (excludes halogenated alkanes) is 3. The third-order valence-corrected chi connectivity index (χ3v) is 5.67. The van der Waals surface area contributed by atoms with E-state index in [0.29, 0.717) is 18.6 Å². The van der Waals surface area contributed by atoms with Gasteiger partial charge in [0.15, 0.2) is 6.10 Å². The van der Waals surface area contributed by atoms with Crippen LogP contribution in [0.3, 0.4) is 0 Å². The summed E-state index contributed by atoms with van der Waals surface area (Å²) >= 11 is 0. The first-order chi connectivity index (χ1) is 16.3. The van der Waals surface area contributed by atoms with Crippen LogP contribution in [0.1, 0.15) is 49.4 Å². The highest BCUT2D eigenvalue weighted by atomic mass is 19.4. The number of hydrogen-bond acceptors (Lipinski definition) is 3. The largest absolute Gasteiger partial charge is 0.496 e. The Hall–Kier alpha value is -3.28. The molecule has 0 aliphatic rings. The number of halogens is 3. The number of hydrogen-bond donors (Lipinski definition) is 0. The summed E-state index contributed by atoms with van der Waals surface area (Å²) in [4.78, 5) is 12.5. The summed E-state index contributed by atoms with van der Waals surface area (Å²) in [6.07, 6.45) is -4.11. The van der Waals surface area contributed by atoms with Crippen molar-refractivity contribution in [3.8, 4) is 28.0 Å². The minimum atomic E-state index is -4.59. The minimum absolute atomic E-state index is 0.0720. The molecule has 0 amide bonds. The van der Waals surface area contributed by atoms with E-state index in [-0.39, 0.29) is 12.0 Å². The van der Waals surface area contributed by atoms with Crippen molar-refractivity contribution in [2.45, 2.75) is 51.3 Å². The highest BCUT2D eigenvalue weighted by molar-refractivity contribution is 5.92. The van der Waals surface area contributed by atoms with Crippen LogP contribution >= 0.6 is 0 Å². The van der Waals surface area contributed by atoms with E-state index < -0.39 is 18.2 Å². The third kappa shape index (κ3) is 6.40. The number of rotatable bonds is 10. The Balaban J connectivity index is 1.83. The van der Waals surface area contributed by atoms with Crippen molar-refractivity contribution in [1.29, 1.82) is 0 Å². The Morgan fingerprint density at radius 3 is 2.18 bits per heavy atom. The van der Waals surface area contributed by atoms with E-state index in [0.717, 1.165) is 35.1 Å². The second kappa shape index (κ2) is 11.7. The summed E-state index contributed by atoms with van der Waals surface area (Å²) < 4.78 is 50.6. The van der Waals surface area contributed by atoms with Crippen molar-refractivity contribution in [3.63, 3.8) is 0 Å². The molecular weight excluding hydrogens is 441 g/mol. The maximum Gasteiger partial charge on any atom is 0.425 e. The summed E-state index contributed by atoms with van der Waals surface area (Å²) in [6.45, 7) is 1.98. The van der Waals surface area contributed by atoms with Gasteiger partial charge in [0.05, 0.1) is 12.7 Å². The summed E-state index contributed by atoms with van der Waals surface area (Å²) in [7, 11) is 1.58. The van der Waals surface area contributed by atoms with Gasteiger partial charge >= 0.3 is 12.1 Å². The van der Waals surface area contributed by atoms with Crippen LogP contribution in [-0.4, -0.2) is 25.4 Å². The van der Waals surface area contributed by atoms with E-state index >= 15 is 0 Å². The van der Waals surface area contributed by atoms with Crippen LogP contribution in [-0.2, 0) is 4.74 Å². The molecule has 0 fully saturated rings. The van der Waals surface area contributed by atoms with Crippen molar-refractivity contribution in [2.75, 3.05) is 7.11 Å². The van der Waals surface area contributed by atoms with Crippen molar-refractivity contribution in [3.05, 3.63) is 78.4 Å². The van der Waals surface area contributed by atoms with Crippen LogP contribution in [0.5, 0.6) is 5.75 Å². The normalized spacial score (nSPS) is 12.3. The van der Waals surface area contributed by atoms with Gasteiger partial charge in [0.1, 0.15) is 5.75 Å². The quantitative estimate of drug-likeness (QED) is 0.222. The molecule has 3 nitrogen and oxygen atoms in total. The van der Waals surface area contributed by atoms with Gasteiger partial charge in [-0.1, -0.05) is 80.8 Å². The van der Waals surface area contributed by atoms with Crippen LogP contribution < -0.4 is 4.74 Å². The molecule has 0 aliphatic carbocycles. The monoisotopic (exact) mass is 470 g/mol. The number of benzene rings is 3. The van der Waals surface area contributed by atoms with Crippen LogP contribution in [0.25, 0.3) is 22.3 Å². The predicted molar refractivity (Wildman–Crippen MR) is 128 cm³/mol. The number of methoxy groups -OCH3 is 1. The first-order valence-electron chi connectivity index (χ1n) is 11.5. The molecule has 34 heavy (non-hydrogen) atoms. The fourth-order valence-electron chi connectivity index (χ4n) is 3.87. The molecule has 0 heterocycles. The Labute approximate surface area is 198 Å². The van der Waals surface area contributed by atoms with Gasteiger partial charge in [0.2, 0.25) is 0 Å². The number of carbonyl (C=O) groups excluding carboxylic acids is 1. The molecule has 0 spiro atoms. The van der Waals surface area contributed by atoms with E-state index in [2.05, 4.69) is 0 Å². The second-order valence-corrected chi connectivity index (χ2v) is 8.11. The molecule has 3 rings (SSSR count). The van der Waals surface area contributed by atoms with E-state index in [1.807, 2.05) is 55.5 Å². The average molecular weight is 471 g/mol. The third-order valence-electron chi connectivity index (χ3n) is 5.67. The van der Waals surface area contributed by atoms with Gasteiger partial charge in [-0.2, -0.15) is 13.2 Å². The van der Waals surface area contributed by atoms with Gasteiger partial charge < -0.3 is 9.47 Å². The first-order valence-corrected chi connectivity index (χ1v) is 11.5. The lowest BCUT2D eigenvalue weighted by atomic mass is 9.93. The molecule has 3 aromatic carbocycles. The van der Waals surface area contributed by atoms with Gasteiger partial charge in [-0.15, -0.1) is 0 Å². The van der Waals surface area contributed by atoms with E-state index in [4.69, 9.17) is 9.47 Å². The van der Waals surface area contributed by atoms with E-state index in [1.54, 1.807) is 19.2 Å². The zero-order valence-corrected chi connectivity index (χ0v) is 19.4. The maximum absolute atomic E-state index is 13.4. The van der Waals surface area contributed by atoms with Gasteiger partial charge in [-0.3, -0.25) is 0 Å². The minimum Gasteiger partial charge on any atom is -0.496 e. The lowest BCUT2D eigenvalue weighted by Crippen LogP contribution is -2.33. The van der Waals surface area contributed by atoms with Crippen LogP contribution in [0.2, 0.25) is 0 Å². The average Bonchev–Trinajstić information content (AvgIpc) is 2.85. The fraction of sp³-hybridized carbons (Fsp3) is 0.321. The van der Waals surface area contributed by atoms with Crippen molar-refractivity contribution >= 4 is 5.97 Å². The molecule has 1 unspecified atom stereocenters. The second-order valence-electron chi connectivity index (χ2n) is 8.11. The van der Waals surface area contributed by atoms with Gasteiger partial charge in [-0.05, 0) is 47.7 Å². The van der Waals surface area contributed by atoms with Gasteiger partial charge in [0, 0.05) is 5.56 Å². The zero-order valence-electron chi connectivity index (χ0n) is 19.4.